The van der Waals surface area contributed by atoms with Crippen LogP contribution < -0.4 is 9.64 Å². The number of piperidine rings is 1. The van der Waals surface area contributed by atoms with Crippen molar-refractivity contribution in [2.75, 3.05) is 44.2 Å². The van der Waals surface area contributed by atoms with Gasteiger partial charge in [0.05, 0.1) is 15.9 Å². The summed E-state index contributed by atoms with van der Waals surface area (Å²) in [7, 11) is 2.29. The van der Waals surface area contributed by atoms with Crippen molar-refractivity contribution in [3.63, 3.8) is 0 Å². The number of nitrogens with zero attached hydrogens (tertiary/aromatic N) is 6. The molecule has 14 heteroatoms. The van der Waals surface area contributed by atoms with Crippen LogP contribution in [-0.2, 0) is 4.79 Å². The summed E-state index contributed by atoms with van der Waals surface area (Å²) in [5, 5.41) is 5.50. The van der Waals surface area contributed by atoms with Gasteiger partial charge >= 0.3 is 6.01 Å². The highest BCUT2D eigenvalue weighted by molar-refractivity contribution is 7.18. The number of hydrogen-bond acceptors (Lipinski definition) is 7. The van der Waals surface area contributed by atoms with E-state index in [0.717, 1.165) is 13.0 Å². The zero-order chi connectivity index (χ0) is 32.9. The van der Waals surface area contributed by atoms with E-state index >= 15 is 4.39 Å². The predicted octanol–water partition coefficient (Wildman–Crippen LogP) is 6.04. The molecule has 2 aromatic carbocycles. The van der Waals surface area contributed by atoms with E-state index in [1.54, 1.807) is 30.0 Å². The predicted molar refractivity (Wildman–Crippen MR) is 177 cm³/mol. The maximum atomic E-state index is 16.9. The van der Waals surface area contributed by atoms with Crippen LogP contribution in [0, 0.1) is 18.7 Å². The van der Waals surface area contributed by atoms with Gasteiger partial charge < -0.3 is 14.5 Å². The molecule has 244 valence electrons. The number of anilines is 1. The van der Waals surface area contributed by atoms with Gasteiger partial charge in [0.1, 0.15) is 23.4 Å². The number of rotatable bonds is 7. The fraction of sp³-hybridized carbons (Fsp3) is 0.438. The molecule has 2 fully saturated rings. The van der Waals surface area contributed by atoms with Crippen molar-refractivity contribution in [2.45, 2.75) is 51.1 Å². The number of carbonyl (C=O) groups is 1. The van der Waals surface area contributed by atoms with Gasteiger partial charge in [-0.2, -0.15) is 14.4 Å². The number of carbonyl (C=O) groups excluding carboxylic acids is 1. The Bertz CT molecular complexity index is 1840. The van der Waals surface area contributed by atoms with Crippen molar-refractivity contribution in [3.05, 3.63) is 53.2 Å². The first-order chi connectivity index (χ1) is 21.9. The molecule has 6 rings (SSSR count). The van der Waals surface area contributed by atoms with E-state index in [1.807, 2.05) is 23.6 Å². The number of halogens is 4. The van der Waals surface area contributed by atoms with Gasteiger partial charge in [-0.3, -0.25) is 14.8 Å². The highest BCUT2D eigenvalue weighted by Gasteiger charge is 2.35. The summed E-state index contributed by atoms with van der Waals surface area (Å²) in [6, 6.07) is 4.54. The lowest BCUT2D eigenvalue weighted by Gasteiger charge is -2.44. The van der Waals surface area contributed by atoms with Crippen LogP contribution in [0.25, 0.3) is 32.9 Å². The fourth-order valence-electron chi connectivity index (χ4n) is 6.60. The molecule has 0 bridgehead atoms. The van der Waals surface area contributed by atoms with Crippen LogP contribution in [-0.4, -0.2) is 92.7 Å². The zero-order valence-corrected chi connectivity index (χ0v) is 27.8. The number of amides is 1. The Morgan fingerprint density at radius 1 is 1.24 bits per heavy atom. The first kappa shape index (κ1) is 32.5. The summed E-state index contributed by atoms with van der Waals surface area (Å²) < 4.78 is 52.4. The van der Waals surface area contributed by atoms with E-state index in [4.69, 9.17) is 21.3 Å². The first-order valence-electron chi connectivity index (χ1n) is 15.2. The van der Waals surface area contributed by atoms with Crippen molar-refractivity contribution < 1.29 is 22.7 Å². The van der Waals surface area contributed by atoms with Crippen LogP contribution in [0.3, 0.4) is 0 Å². The third kappa shape index (κ3) is 6.02. The molecule has 1 N–H and O–H groups in total. The van der Waals surface area contributed by atoms with E-state index in [0.29, 0.717) is 48.3 Å². The smallest absolute Gasteiger partial charge is 0.319 e. The van der Waals surface area contributed by atoms with Crippen LogP contribution >= 0.6 is 20.8 Å². The second kappa shape index (κ2) is 12.6. The standard InChI is InChI=1S/C32H36ClF3N7O2P/c1-5-23(44)42-14-19(4)43(15-18(42)3)30-20-13-21(33)25(24-17(2)7-8-22-26(24)29(35)40-39-22)27(34)28(20)37-31(38-30)45-12-11-41-10-6-9-32(36,46)16-41/h5,7-8,13,18-19H,1,6,9-12,14-16,46H2,2-4H3,(H,39,40)/t18-,19+,32?/m1/s1. The van der Waals surface area contributed by atoms with Crippen LogP contribution in [0.2, 0.25) is 5.02 Å². The average Bonchev–Trinajstić information content (AvgIpc) is 3.38. The lowest BCUT2D eigenvalue weighted by molar-refractivity contribution is -0.128. The lowest BCUT2D eigenvalue weighted by atomic mass is 9.95. The topological polar surface area (TPSA) is 90.5 Å². The van der Waals surface area contributed by atoms with Crippen LogP contribution in [0.1, 0.15) is 32.3 Å². The number of nitrogens with one attached hydrogen (secondary N) is 1. The number of hydrogen-bond donors (Lipinski definition) is 1. The molecule has 46 heavy (non-hydrogen) atoms. The number of aromatic nitrogens is 4. The van der Waals surface area contributed by atoms with E-state index in [-0.39, 0.29) is 64.2 Å². The number of benzene rings is 2. The van der Waals surface area contributed by atoms with Gasteiger partial charge in [0.25, 0.3) is 0 Å². The molecular weight excluding hydrogens is 638 g/mol. The van der Waals surface area contributed by atoms with Gasteiger partial charge in [0.2, 0.25) is 11.9 Å². The molecule has 0 radical (unpaired) electrons. The molecule has 2 saturated heterocycles. The second-order valence-corrected chi connectivity index (χ2v) is 13.7. The van der Waals surface area contributed by atoms with Crippen molar-refractivity contribution in [2.24, 2.45) is 0 Å². The van der Waals surface area contributed by atoms with E-state index in [2.05, 4.69) is 31.0 Å². The molecule has 2 aliphatic heterocycles. The number of ether oxygens (including phenoxy) is 1. The van der Waals surface area contributed by atoms with Crippen molar-refractivity contribution >= 4 is 54.4 Å². The van der Waals surface area contributed by atoms with E-state index < -0.39 is 17.2 Å². The number of piperazine rings is 1. The summed E-state index contributed by atoms with van der Waals surface area (Å²) >= 11 is 6.83. The highest BCUT2D eigenvalue weighted by Crippen LogP contribution is 2.43. The Hall–Kier alpha value is -3.47. The Morgan fingerprint density at radius 3 is 2.76 bits per heavy atom. The number of H-pyrrole nitrogens is 1. The lowest BCUT2D eigenvalue weighted by Crippen LogP contribution is -2.58. The first-order valence-corrected chi connectivity index (χ1v) is 16.2. The summed E-state index contributed by atoms with van der Waals surface area (Å²) in [6.07, 6.45) is 2.50. The van der Waals surface area contributed by atoms with E-state index in [9.17, 15) is 13.6 Å². The van der Waals surface area contributed by atoms with Gasteiger partial charge in [0, 0.05) is 54.8 Å². The monoisotopic (exact) mass is 673 g/mol. The minimum atomic E-state index is -1.35. The quantitative estimate of drug-likeness (QED) is 0.189. The number of likely N-dealkylation sites (tertiary alicyclic amines) is 1. The van der Waals surface area contributed by atoms with Gasteiger partial charge in [0.15, 0.2) is 5.82 Å². The molecule has 2 aliphatic rings. The molecule has 0 aliphatic carbocycles. The fourth-order valence-corrected chi connectivity index (χ4v) is 7.35. The largest absolute Gasteiger partial charge is 0.462 e. The minimum Gasteiger partial charge on any atom is -0.462 e. The summed E-state index contributed by atoms with van der Waals surface area (Å²) in [6.45, 7) is 11.6. The number of alkyl halides is 1. The normalized spacial score (nSPS) is 22.5. The van der Waals surface area contributed by atoms with Crippen LogP contribution in [0.4, 0.5) is 19.0 Å². The highest BCUT2D eigenvalue weighted by atomic mass is 35.5. The third-order valence-corrected chi connectivity index (χ3v) is 9.66. The summed E-state index contributed by atoms with van der Waals surface area (Å²) in [5.74, 6) is -1.31. The van der Waals surface area contributed by atoms with Crippen LogP contribution in [0.15, 0.2) is 30.9 Å². The van der Waals surface area contributed by atoms with Crippen molar-refractivity contribution in [1.82, 2.24) is 30.0 Å². The molecule has 0 saturated carbocycles. The summed E-state index contributed by atoms with van der Waals surface area (Å²) in [4.78, 5) is 27.5. The van der Waals surface area contributed by atoms with Gasteiger partial charge in [-0.25, -0.2) is 8.78 Å². The Balaban J connectivity index is 1.45. The zero-order valence-electron chi connectivity index (χ0n) is 25.9. The average molecular weight is 674 g/mol. The third-order valence-electron chi connectivity index (χ3n) is 8.89. The Kier molecular flexibility index (Phi) is 8.91. The molecule has 1 amide bonds. The summed E-state index contributed by atoms with van der Waals surface area (Å²) in [5.41, 5.74) is 1.21. The Morgan fingerprint density at radius 2 is 2.02 bits per heavy atom. The maximum Gasteiger partial charge on any atom is 0.319 e. The SMILES string of the molecule is C=CC(=O)N1C[C@H](C)N(c2nc(OCCN3CCCC(F)(P)C3)nc3c(F)c(-c4c(C)ccc5[nH]nc(F)c45)c(Cl)cc23)C[C@H]1C. The maximum absolute atomic E-state index is 16.9. The molecule has 4 aromatic rings. The van der Waals surface area contributed by atoms with Crippen molar-refractivity contribution in [1.29, 1.82) is 0 Å². The number of aryl methyl sites for hydroxylation is 1. The number of aromatic amines is 1. The van der Waals surface area contributed by atoms with Crippen molar-refractivity contribution in [3.8, 4) is 17.1 Å². The second-order valence-electron chi connectivity index (χ2n) is 12.3. The molecular formula is C32H36ClF3N7O2P. The molecule has 9 nitrogen and oxygen atoms in total. The minimum absolute atomic E-state index is 0.0102. The molecule has 2 aromatic heterocycles. The van der Waals surface area contributed by atoms with Gasteiger partial charge in [-0.05, 0) is 63.9 Å². The van der Waals surface area contributed by atoms with Gasteiger partial charge in [-0.1, -0.05) is 33.5 Å². The van der Waals surface area contributed by atoms with Crippen LogP contribution in [0.5, 0.6) is 6.01 Å². The van der Waals surface area contributed by atoms with E-state index in [1.165, 1.54) is 6.08 Å². The van der Waals surface area contributed by atoms with Gasteiger partial charge in [-0.15, -0.1) is 5.10 Å². The molecule has 4 atom stereocenters. The Labute approximate surface area is 272 Å². The molecule has 0 spiro atoms. The molecule has 2 unspecified atom stereocenters. The number of fused-ring (bicyclic) bond motifs is 2. The molecule has 4 heterocycles.